The van der Waals surface area contributed by atoms with Crippen LogP contribution in [-0.4, -0.2) is 46.0 Å². The van der Waals surface area contributed by atoms with Crippen LogP contribution in [0, 0.1) is 11.6 Å². The van der Waals surface area contributed by atoms with Gasteiger partial charge in [0.1, 0.15) is 17.7 Å². The third kappa shape index (κ3) is 3.27. The van der Waals surface area contributed by atoms with Crippen molar-refractivity contribution in [2.75, 3.05) is 18.1 Å². The minimum Gasteiger partial charge on any atom is -0.480 e. The molecule has 1 atom stereocenters. The minimum atomic E-state index is -1.06. The van der Waals surface area contributed by atoms with Crippen LogP contribution in [0.5, 0.6) is 0 Å². The number of carbonyl (C=O) groups excluding carboxylic acids is 1. The van der Waals surface area contributed by atoms with Gasteiger partial charge in [-0.15, -0.1) is 0 Å². The Balaban J connectivity index is 2.12. The average Bonchev–Trinajstić information content (AvgIpc) is 2.41. The predicted molar refractivity (Wildman–Crippen MR) is 70.5 cm³/mol. The Morgan fingerprint density at radius 1 is 1.40 bits per heavy atom. The van der Waals surface area contributed by atoms with Crippen LogP contribution in [0.4, 0.5) is 8.78 Å². The van der Waals surface area contributed by atoms with Gasteiger partial charge in [0, 0.05) is 24.1 Å². The van der Waals surface area contributed by atoms with E-state index in [9.17, 15) is 18.4 Å². The van der Waals surface area contributed by atoms with Gasteiger partial charge in [-0.2, -0.15) is 11.8 Å². The van der Waals surface area contributed by atoms with Crippen molar-refractivity contribution in [2.45, 2.75) is 12.5 Å². The molecule has 4 nitrogen and oxygen atoms in total. The van der Waals surface area contributed by atoms with Gasteiger partial charge in [0.05, 0.1) is 6.42 Å². The van der Waals surface area contributed by atoms with E-state index in [0.29, 0.717) is 24.1 Å². The van der Waals surface area contributed by atoms with Crippen LogP contribution in [0.3, 0.4) is 0 Å². The molecule has 2 rings (SSSR count). The number of amides is 1. The van der Waals surface area contributed by atoms with Gasteiger partial charge in [-0.25, -0.2) is 13.6 Å². The number of thioether (sulfide) groups is 1. The lowest BCUT2D eigenvalue weighted by molar-refractivity contribution is -0.149. The summed E-state index contributed by atoms with van der Waals surface area (Å²) in [5.74, 6) is -2.05. The number of aliphatic carboxylic acids is 1. The van der Waals surface area contributed by atoms with Crippen molar-refractivity contribution in [3.05, 3.63) is 35.4 Å². The van der Waals surface area contributed by atoms with E-state index in [1.54, 1.807) is 0 Å². The smallest absolute Gasteiger partial charge is 0.327 e. The number of carbonyl (C=O) groups is 2. The number of carboxylic acids is 1. The zero-order valence-corrected chi connectivity index (χ0v) is 11.3. The Hall–Kier alpha value is -1.63. The minimum absolute atomic E-state index is 0.0683. The van der Waals surface area contributed by atoms with Gasteiger partial charge in [-0.3, -0.25) is 4.79 Å². The monoisotopic (exact) mass is 301 g/mol. The topological polar surface area (TPSA) is 57.6 Å². The van der Waals surface area contributed by atoms with Crippen molar-refractivity contribution in [3.8, 4) is 0 Å². The number of benzene rings is 1. The highest BCUT2D eigenvalue weighted by Gasteiger charge is 2.32. The van der Waals surface area contributed by atoms with Gasteiger partial charge in [0.15, 0.2) is 0 Å². The van der Waals surface area contributed by atoms with Crippen molar-refractivity contribution in [2.24, 2.45) is 0 Å². The first-order chi connectivity index (χ1) is 9.49. The molecule has 1 N–H and O–H groups in total. The lowest BCUT2D eigenvalue weighted by Crippen LogP contribution is -2.50. The number of nitrogens with zero attached hydrogens (tertiary/aromatic N) is 1. The van der Waals surface area contributed by atoms with Crippen LogP contribution in [0.15, 0.2) is 18.2 Å². The summed E-state index contributed by atoms with van der Waals surface area (Å²) >= 11 is 1.47. The van der Waals surface area contributed by atoms with Gasteiger partial charge >= 0.3 is 5.97 Å². The van der Waals surface area contributed by atoms with Crippen LogP contribution in [0.25, 0.3) is 0 Å². The maximum atomic E-state index is 13.5. The van der Waals surface area contributed by atoms with E-state index in [1.165, 1.54) is 22.7 Å². The zero-order valence-electron chi connectivity index (χ0n) is 10.5. The summed E-state index contributed by atoms with van der Waals surface area (Å²) < 4.78 is 26.3. The molecular formula is C13H13F2NO3S. The molecule has 1 fully saturated rings. The second kappa shape index (κ2) is 6.21. The molecule has 1 heterocycles. The first-order valence-electron chi connectivity index (χ1n) is 6.03. The first-order valence-corrected chi connectivity index (χ1v) is 7.18. The van der Waals surface area contributed by atoms with Gasteiger partial charge < -0.3 is 10.0 Å². The molecule has 7 heteroatoms. The molecule has 0 aliphatic carbocycles. The van der Waals surface area contributed by atoms with Gasteiger partial charge in [-0.1, -0.05) is 6.07 Å². The van der Waals surface area contributed by atoms with E-state index in [1.807, 2.05) is 0 Å². The SMILES string of the molecule is O=C(O)C1CSCCN1C(=O)Cc1ccc(F)cc1F. The molecule has 0 radical (unpaired) electrons. The Morgan fingerprint density at radius 2 is 2.15 bits per heavy atom. The first kappa shape index (κ1) is 14.8. The predicted octanol–water partition coefficient (Wildman–Crippen LogP) is 1.54. The van der Waals surface area contributed by atoms with Gasteiger partial charge in [0.25, 0.3) is 0 Å². The normalized spacial score (nSPS) is 18.9. The van der Waals surface area contributed by atoms with E-state index in [0.717, 1.165) is 6.07 Å². The maximum absolute atomic E-state index is 13.5. The lowest BCUT2D eigenvalue weighted by Gasteiger charge is -2.32. The average molecular weight is 301 g/mol. The van der Waals surface area contributed by atoms with Crippen molar-refractivity contribution >= 4 is 23.6 Å². The molecule has 20 heavy (non-hydrogen) atoms. The molecular weight excluding hydrogens is 288 g/mol. The quantitative estimate of drug-likeness (QED) is 0.920. The second-order valence-electron chi connectivity index (χ2n) is 4.43. The molecule has 0 spiro atoms. The fraction of sp³-hybridized carbons (Fsp3) is 0.385. The number of halogens is 2. The lowest BCUT2D eigenvalue weighted by atomic mass is 10.1. The summed E-state index contributed by atoms with van der Waals surface area (Å²) in [6.07, 6.45) is -0.263. The van der Waals surface area contributed by atoms with Crippen LogP contribution in [-0.2, 0) is 16.0 Å². The number of rotatable bonds is 3. The van der Waals surface area contributed by atoms with Crippen LogP contribution in [0.1, 0.15) is 5.56 Å². The molecule has 1 saturated heterocycles. The largest absolute Gasteiger partial charge is 0.480 e. The molecule has 1 amide bonds. The summed E-state index contributed by atoms with van der Waals surface area (Å²) in [5, 5.41) is 9.08. The zero-order chi connectivity index (χ0) is 14.7. The van der Waals surface area contributed by atoms with E-state index in [-0.39, 0.29) is 12.0 Å². The Kier molecular flexibility index (Phi) is 4.59. The van der Waals surface area contributed by atoms with E-state index < -0.39 is 29.6 Å². The van der Waals surface area contributed by atoms with Crippen molar-refractivity contribution < 1.29 is 23.5 Å². The summed E-state index contributed by atoms with van der Waals surface area (Å²) in [7, 11) is 0. The molecule has 1 aromatic carbocycles. The molecule has 1 aliphatic rings. The molecule has 1 unspecified atom stereocenters. The molecule has 1 aromatic rings. The van der Waals surface area contributed by atoms with Gasteiger partial charge in [0.2, 0.25) is 5.91 Å². The Labute approximate surface area is 118 Å². The third-order valence-electron chi connectivity index (χ3n) is 3.09. The van der Waals surface area contributed by atoms with Crippen LogP contribution in [0.2, 0.25) is 0 Å². The molecule has 0 bridgehead atoms. The summed E-state index contributed by atoms with van der Waals surface area (Å²) in [5.41, 5.74) is 0.0683. The Morgan fingerprint density at radius 3 is 2.80 bits per heavy atom. The third-order valence-corrected chi connectivity index (χ3v) is 4.11. The van der Waals surface area contributed by atoms with Crippen LogP contribution < -0.4 is 0 Å². The number of hydrogen-bond donors (Lipinski definition) is 1. The highest BCUT2D eigenvalue weighted by atomic mass is 32.2. The highest BCUT2D eigenvalue weighted by Crippen LogP contribution is 2.19. The number of hydrogen-bond acceptors (Lipinski definition) is 3. The van der Waals surface area contributed by atoms with Crippen molar-refractivity contribution in [3.63, 3.8) is 0 Å². The number of carboxylic acid groups (broad SMARTS) is 1. The maximum Gasteiger partial charge on any atom is 0.327 e. The van der Waals surface area contributed by atoms with Crippen molar-refractivity contribution in [1.29, 1.82) is 0 Å². The molecule has 1 aliphatic heterocycles. The van der Waals surface area contributed by atoms with E-state index in [4.69, 9.17) is 5.11 Å². The second-order valence-corrected chi connectivity index (χ2v) is 5.58. The summed E-state index contributed by atoms with van der Waals surface area (Å²) in [6.45, 7) is 0.323. The van der Waals surface area contributed by atoms with Crippen LogP contribution >= 0.6 is 11.8 Å². The fourth-order valence-corrected chi connectivity index (χ4v) is 3.07. The standard InChI is InChI=1S/C13H13F2NO3S/c14-9-2-1-8(10(15)6-9)5-12(17)16-3-4-20-7-11(16)13(18)19/h1-2,6,11H,3-5,7H2,(H,18,19). The molecule has 108 valence electrons. The summed E-state index contributed by atoms with van der Waals surface area (Å²) in [4.78, 5) is 24.5. The summed E-state index contributed by atoms with van der Waals surface area (Å²) in [6, 6.07) is 2.11. The van der Waals surface area contributed by atoms with Crippen molar-refractivity contribution in [1.82, 2.24) is 4.90 Å². The van der Waals surface area contributed by atoms with E-state index >= 15 is 0 Å². The fourth-order valence-electron chi connectivity index (χ4n) is 2.04. The molecule has 0 aromatic heterocycles. The van der Waals surface area contributed by atoms with Gasteiger partial charge in [-0.05, 0) is 11.6 Å². The van der Waals surface area contributed by atoms with E-state index in [2.05, 4.69) is 0 Å². The molecule has 0 saturated carbocycles. The highest BCUT2D eigenvalue weighted by molar-refractivity contribution is 7.99. The Bertz CT molecular complexity index is 538.